The van der Waals surface area contributed by atoms with Gasteiger partial charge in [-0.15, -0.1) is 0 Å². The van der Waals surface area contributed by atoms with E-state index >= 15 is 0 Å². The lowest BCUT2D eigenvalue weighted by molar-refractivity contribution is 0.284. The van der Waals surface area contributed by atoms with Crippen LogP contribution in [0.3, 0.4) is 0 Å². The zero-order chi connectivity index (χ0) is 13.8. The van der Waals surface area contributed by atoms with Crippen LogP contribution in [0.1, 0.15) is 16.7 Å². The first-order valence-corrected chi connectivity index (χ1v) is 5.97. The van der Waals surface area contributed by atoms with Gasteiger partial charge in [-0.3, -0.25) is 0 Å². The summed E-state index contributed by atoms with van der Waals surface area (Å²) in [6.07, 6.45) is 0. The number of nitrogens with two attached hydrogens (primary N) is 1. The van der Waals surface area contributed by atoms with Gasteiger partial charge in [0.1, 0.15) is 6.61 Å². The molecule has 4 heteroatoms. The third-order valence-electron chi connectivity index (χ3n) is 2.94. The van der Waals surface area contributed by atoms with Gasteiger partial charge in [0.2, 0.25) is 5.82 Å². The zero-order valence-corrected chi connectivity index (χ0v) is 10.6. The summed E-state index contributed by atoms with van der Waals surface area (Å²) >= 11 is 0. The molecular weight excluding hydrogens is 248 g/mol. The second-order valence-corrected chi connectivity index (χ2v) is 4.31. The monoisotopic (exact) mass is 263 g/mol. The molecule has 0 saturated heterocycles. The van der Waals surface area contributed by atoms with E-state index in [9.17, 15) is 8.78 Å². The van der Waals surface area contributed by atoms with Crippen LogP contribution in [0.15, 0.2) is 36.4 Å². The van der Waals surface area contributed by atoms with Crippen LogP contribution in [0.25, 0.3) is 0 Å². The molecule has 0 fully saturated rings. The quantitative estimate of drug-likeness (QED) is 0.918. The number of benzene rings is 2. The molecule has 0 aliphatic heterocycles. The fourth-order valence-corrected chi connectivity index (χ4v) is 1.80. The summed E-state index contributed by atoms with van der Waals surface area (Å²) in [5.74, 6) is -1.95. The minimum atomic E-state index is -0.960. The third-order valence-corrected chi connectivity index (χ3v) is 2.94. The van der Waals surface area contributed by atoms with Crippen molar-refractivity contribution >= 4 is 0 Å². The van der Waals surface area contributed by atoms with Crippen LogP contribution < -0.4 is 10.5 Å². The summed E-state index contributed by atoms with van der Waals surface area (Å²) in [4.78, 5) is 0. The average molecular weight is 263 g/mol. The molecule has 2 nitrogen and oxygen atoms in total. The Morgan fingerprint density at radius 3 is 2.63 bits per heavy atom. The van der Waals surface area contributed by atoms with Gasteiger partial charge in [0.25, 0.3) is 0 Å². The summed E-state index contributed by atoms with van der Waals surface area (Å²) in [5, 5.41) is 0. The highest BCUT2D eigenvalue weighted by Crippen LogP contribution is 2.21. The van der Waals surface area contributed by atoms with Gasteiger partial charge in [-0.1, -0.05) is 24.3 Å². The van der Waals surface area contributed by atoms with Crippen molar-refractivity contribution in [2.75, 3.05) is 0 Å². The Bertz CT molecular complexity index is 584. The minimum Gasteiger partial charge on any atom is -0.486 e. The number of aryl methyl sites for hydroxylation is 1. The number of halogens is 2. The van der Waals surface area contributed by atoms with E-state index in [1.807, 2.05) is 25.1 Å². The maximum absolute atomic E-state index is 13.4. The largest absolute Gasteiger partial charge is 0.486 e. The molecule has 0 aliphatic rings. The van der Waals surface area contributed by atoms with E-state index in [0.29, 0.717) is 6.54 Å². The Hall–Kier alpha value is -1.94. The second kappa shape index (κ2) is 5.80. The smallest absolute Gasteiger partial charge is 0.200 e. The fraction of sp³-hybridized carbons (Fsp3) is 0.200. The lowest BCUT2D eigenvalue weighted by atomic mass is 10.1. The van der Waals surface area contributed by atoms with Gasteiger partial charge >= 0.3 is 0 Å². The van der Waals surface area contributed by atoms with Crippen LogP contribution in [0.2, 0.25) is 0 Å². The Labute approximate surface area is 110 Å². The molecule has 2 rings (SSSR count). The molecule has 0 aliphatic carbocycles. The molecule has 0 unspecified atom stereocenters. The predicted octanol–water partition coefficient (Wildman–Crippen LogP) is 3.31. The van der Waals surface area contributed by atoms with Gasteiger partial charge in [0.15, 0.2) is 11.6 Å². The van der Waals surface area contributed by atoms with Gasteiger partial charge in [0.05, 0.1) is 0 Å². The van der Waals surface area contributed by atoms with Crippen molar-refractivity contribution in [2.24, 2.45) is 5.73 Å². The summed E-state index contributed by atoms with van der Waals surface area (Å²) in [6, 6.07) is 9.62. The van der Waals surface area contributed by atoms with Crippen molar-refractivity contribution in [3.8, 4) is 5.75 Å². The first kappa shape index (κ1) is 13.5. The molecule has 100 valence electrons. The van der Waals surface area contributed by atoms with Crippen LogP contribution in [0.4, 0.5) is 8.78 Å². The van der Waals surface area contributed by atoms with E-state index in [4.69, 9.17) is 10.5 Å². The van der Waals surface area contributed by atoms with Crippen LogP contribution >= 0.6 is 0 Å². The first-order valence-electron chi connectivity index (χ1n) is 5.97. The number of ether oxygens (including phenoxy) is 1. The molecule has 2 aromatic carbocycles. The van der Waals surface area contributed by atoms with Crippen molar-refractivity contribution in [2.45, 2.75) is 20.1 Å². The fourth-order valence-electron chi connectivity index (χ4n) is 1.80. The normalized spacial score (nSPS) is 10.5. The Morgan fingerprint density at radius 2 is 1.95 bits per heavy atom. The topological polar surface area (TPSA) is 35.2 Å². The lowest BCUT2D eigenvalue weighted by Gasteiger charge is -2.10. The van der Waals surface area contributed by atoms with Gasteiger partial charge < -0.3 is 10.5 Å². The number of hydrogen-bond donors (Lipinski definition) is 1. The highest BCUT2D eigenvalue weighted by atomic mass is 19.2. The Kier molecular flexibility index (Phi) is 4.12. The molecule has 2 aromatic rings. The van der Waals surface area contributed by atoms with Crippen molar-refractivity contribution in [1.82, 2.24) is 0 Å². The van der Waals surface area contributed by atoms with Crippen LogP contribution in [-0.2, 0) is 13.2 Å². The summed E-state index contributed by atoms with van der Waals surface area (Å²) in [7, 11) is 0. The maximum atomic E-state index is 13.4. The van der Waals surface area contributed by atoms with Crippen molar-refractivity contribution in [3.05, 3.63) is 64.7 Å². The summed E-state index contributed by atoms with van der Waals surface area (Å²) in [5.41, 5.74) is 8.51. The zero-order valence-electron chi connectivity index (χ0n) is 10.6. The molecule has 19 heavy (non-hydrogen) atoms. The van der Waals surface area contributed by atoms with Crippen LogP contribution in [-0.4, -0.2) is 0 Å². The van der Waals surface area contributed by atoms with E-state index in [1.54, 1.807) is 0 Å². The highest BCUT2D eigenvalue weighted by molar-refractivity contribution is 5.31. The van der Waals surface area contributed by atoms with Gasteiger partial charge in [0, 0.05) is 6.54 Å². The summed E-state index contributed by atoms with van der Waals surface area (Å²) in [6.45, 7) is 2.59. The van der Waals surface area contributed by atoms with E-state index in [-0.39, 0.29) is 12.4 Å². The molecule has 0 heterocycles. The third kappa shape index (κ3) is 3.09. The maximum Gasteiger partial charge on any atom is 0.200 e. The predicted molar refractivity (Wildman–Crippen MR) is 69.8 cm³/mol. The number of hydrogen-bond acceptors (Lipinski definition) is 2. The van der Waals surface area contributed by atoms with E-state index < -0.39 is 11.6 Å². The molecule has 0 saturated carbocycles. The lowest BCUT2D eigenvalue weighted by Crippen LogP contribution is -2.02. The molecule has 0 bridgehead atoms. The summed E-state index contributed by atoms with van der Waals surface area (Å²) < 4.78 is 31.7. The molecular formula is C15H15F2NO. The first-order chi connectivity index (χ1) is 9.11. The van der Waals surface area contributed by atoms with E-state index in [1.165, 1.54) is 12.1 Å². The molecule has 0 aromatic heterocycles. The Balaban J connectivity index is 2.12. The van der Waals surface area contributed by atoms with E-state index in [0.717, 1.165) is 22.8 Å². The standard InChI is InChI=1S/C15H15F2NO/c1-10-7-11(8-18)5-6-12(10)9-19-14-4-2-3-13(16)15(14)17/h2-7H,8-9,18H2,1H3. The van der Waals surface area contributed by atoms with Crippen molar-refractivity contribution in [3.63, 3.8) is 0 Å². The van der Waals surface area contributed by atoms with E-state index in [2.05, 4.69) is 0 Å². The van der Waals surface area contributed by atoms with Gasteiger partial charge in [-0.2, -0.15) is 4.39 Å². The molecule has 0 spiro atoms. The molecule has 2 N–H and O–H groups in total. The molecule has 0 radical (unpaired) electrons. The minimum absolute atomic E-state index is 0.0812. The second-order valence-electron chi connectivity index (χ2n) is 4.31. The highest BCUT2D eigenvalue weighted by Gasteiger charge is 2.09. The van der Waals surface area contributed by atoms with Crippen molar-refractivity contribution in [1.29, 1.82) is 0 Å². The van der Waals surface area contributed by atoms with Crippen molar-refractivity contribution < 1.29 is 13.5 Å². The van der Waals surface area contributed by atoms with Gasteiger partial charge in [-0.05, 0) is 35.7 Å². The van der Waals surface area contributed by atoms with Gasteiger partial charge in [-0.25, -0.2) is 4.39 Å². The van der Waals surface area contributed by atoms with Crippen LogP contribution in [0, 0.1) is 18.6 Å². The number of rotatable bonds is 4. The van der Waals surface area contributed by atoms with Crippen LogP contribution in [0.5, 0.6) is 5.75 Å². The SMILES string of the molecule is Cc1cc(CN)ccc1COc1cccc(F)c1F. The molecule has 0 amide bonds. The molecule has 0 atom stereocenters. The Morgan fingerprint density at radius 1 is 1.16 bits per heavy atom. The average Bonchev–Trinajstić information content (AvgIpc) is 2.41.